The van der Waals surface area contributed by atoms with E-state index in [1.165, 1.54) is 0 Å². The molecule has 2 fully saturated rings. The summed E-state index contributed by atoms with van der Waals surface area (Å²) < 4.78 is 41.8. The van der Waals surface area contributed by atoms with Gasteiger partial charge < -0.3 is 10.2 Å². The fourth-order valence-corrected chi connectivity index (χ4v) is 4.42. The zero-order valence-electron chi connectivity index (χ0n) is 17.2. The van der Waals surface area contributed by atoms with Gasteiger partial charge in [-0.25, -0.2) is 4.98 Å². The number of likely N-dealkylation sites (tertiary alicyclic amines) is 2. The van der Waals surface area contributed by atoms with Crippen LogP contribution in [0.1, 0.15) is 56.8 Å². The van der Waals surface area contributed by atoms with E-state index < -0.39 is 17.8 Å². The molecule has 0 unspecified atom stereocenters. The van der Waals surface area contributed by atoms with Gasteiger partial charge in [0.2, 0.25) is 5.91 Å². The van der Waals surface area contributed by atoms with Gasteiger partial charge in [0.15, 0.2) is 11.5 Å². The predicted octanol–water partition coefficient (Wildman–Crippen LogP) is 3.56. The second-order valence-corrected chi connectivity index (χ2v) is 8.42. The van der Waals surface area contributed by atoms with E-state index in [9.17, 15) is 18.0 Å². The van der Waals surface area contributed by atoms with E-state index in [0.29, 0.717) is 19.5 Å². The molecule has 0 radical (unpaired) electrons. The molecule has 0 saturated carbocycles. The molecule has 2 aliphatic heterocycles. The molecule has 164 valence electrons. The molecule has 10 heteroatoms. The van der Waals surface area contributed by atoms with Crippen LogP contribution in [0.25, 0.3) is 11.0 Å². The van der Waals surface area contributed by atoms with Crippen molar-refractivity contribution in [3.05, 3.63) is 17.3 Å². The molecule has 30 heavy (non-hydrogen) atoms. The highest BCUT2D eigenvalue weighted by Crippen LogP contribution is 2.40. The highest BCUT2D eigenvalue weighted by Gasteiger charge is 2.38. The first-order valence-electron chi connectivity index (χ1n) is 10.5. The third-order valence-electron chi connectivity index (χ3n) is 5.75. The smallest absolute Gasteiger partial charge is 0.366 e. The number of fused-ring (bicyclic) bond motifs is 1. The molecule has 0 aromatic carbocycles. The number of H-pyrrole nitrogens is 1. The lowest BCUT2D eigenvalue weighted by Gasteiger charge is -2.27. The third-order valence-corrected chi connectivity index (χ3v) is 5.75. The van der Waals surface area contributed by atoms with Crippen molar-refractivity contribution in [2.75, 3.05) is 31.5 Å². The Bertz CT molecular complexity index is 919. The normalized spacial score (nSPS) is 20.6. The molecule has 2 N–H and O–H groups in total. The van der Waals surface area contributed by atoms with Crippen LogP contribution in [0.4, 0.5) is 19.0 Å². The Morgan fingerprint density at radius 1 is 1.27 bits per heavy atom. The number of carbonyl (C=O) groups excluding carboxylic acids is 1. The summed E-state index contributed by atoms with van der Waals surface area (Å²) in [7, 11) is 0. The topological polar surface area (TPSA) is 77.1 Å². The van der Waals surface area contributed by atoms with Crippen LogP contribution in [-0.4, -0.2) is 63.1 Å². The van der Waals surface area contributed by atoms with Crippen LogP contribution < -0.4 is 5.32 Å². The first-order chi connectivity index (χ1) is 14.2. The van der Waals surface area contributed by atoms with Gasteiger partial charge in [-0.3, -0.25) is 14.8 Å². The Labute approximate surface area is 173 Å². The standard InChI is InChI=1S/C20H27F3N6O/c1-12(2)24-18-17-13(20(21,22)23)10-14(25-19(17)27-26-18)15-6-5-9-29(15)16(30)11-28-7-3-4-8-28/h10,12,15H,3-9,11H2,1-2H3,(H2,24,25,26,27)/t15-/m0/s1. The number of nitrogens with zero attached hydrogens (tertiary/aromatic N) is 4. The van der Waals surface area contributed by atoms with Crippen molar-refractivity contribution >= 4 is 22.8 Å². The summed E-state index contributed by atoms with van der Waals surface area (Å²) in [5, 5.41) is 9.53. The number of anilines is 1. The lowest BCUT2D eigenvalue weighted by atomic mass is 10.0. The number of nitrogens with one attached hydrogen (secondary N) is 2. The van der Waals surface area contributed by atoms with Gasteiger partial charge in [0, 0.05) is 12.6 Å². The van der Waals surface area contributed by atoms with Gasteiger partial charge in [-0.2, -0.15) is 18.3 Å². The SMILES string of the molecule is CC(C)Nc1n[nH]c2nc([C@@H]3CCCN3C(=O)CN3CCCC3)cc(C(F)(F)F)c12. The number of alkyl halides is 3. The van der Waals surface area contributed by atoms with Gasteiger partial charge >= 0.3 is 6.18 Å². The van der Waals surface area contributed by atoms with Crippen molar-refractivity contribution in [3.8, 4) is 0 Å². The van der Waals surface area contributed by atoms with Gasteiger partial charge in [-0.15, -0.1) is 0 Å². The van der Waals surface area contributed by atoms with E-state index in [1.54, 1.807) is 4.90 Å². The molecule has 7 nitrogen and oxygen atoms in total. The van der Waals surface area contributed by atoms with Crippen molar-refractivity contribution < 1.29 is 18.0 Å². The minimum absolute atomic E-state index is 0.0402. The second kappa shape index (κ2) is 8.05. The minimum atomic E-state index is -4.56. The Hall–Kier alpha value is -2.36. The number of rotatable bonds is 5. The van der Waals surface area contributed by atoms with Gasteiger partial charge in [0.1, 0.15) is 0 Å². The Morgan fingerprint density at radius 3 is 2.67 bits per heavy atom. The molecule has 4 rings (SSSR count). The lowest BCUT2D eigenvalue weighted by molar-refractivity contribution is -0.136. The molecule has 0 bridgehead atoms. The van der Waals surface area contributed by atoms with E-state index in [1.807, 2.05) is 13.8 Å². The summed E-state index contributed by atoms with van der Waals surface area (Å²) in [5.74, 6) is 0.0985. The summed E-state index contributed by atoms with van der Waals surface area (Å²) in [4.78, 5) is 21.1. The van der Waals surface area contributed by atoms with Crippen LogP contribution in [-0.2, 0) is 11.0 Å². The molecule has 0 aliphatic carbocycles. The molecule has 1 amide bonds. The molecule has 2 aromatic heterocycles. The maximum Gasteiger partial charge on any atom is 0.417 e. The van der Waals surface area contributed by atoms with Crippen molar-refractivity contribution in [1.82, 2.24) is 25.0 Å². The minimum Gasteiger partial charge on any atom is -0.366 e. The molecule has 0 spiro atoms. The third kappa shape index (κ3) is 4.10. The molecular weight excluding hydrogens is 397 g/mol. The highest BCUT2D eigenvalue weighted by atomic mass is 19.4. The summed E-state index contributed by atoms with van der Waals surface area (Å²) in [6.07, 6.45) is -1.05. The van der Waals surface area contributed by atoms with Gasteiger partial charge in [0.05, 0.1) is 29.2 Å². The predicted molar refractivity (Wildman–Crippen MR) is 107 cm³/mol. The molecule has 4 heterocycles. The largest absolute Gasteiger partial charge is 0.417 e. The number of halogens is 3. The Morgan fingerprint density at radius 2 is 2.00 bits per heavy atom. The molecule has 2 aromatic rings. The number of hydrogen-bond donors (Lipinski definition) is 2. The van der Waals surface area contributed by atoms with Crippen molar-refractivity contribution in [3.63, 3.8) is 0 Å². The number of carbonyl (C=O) groups is 1. The van der Waals surface area contributed by atoms with E-state index in [2.05, 4.69) is 25.4 Å². The maximum atomic E-state index is 13.9. The van der Waals surface area contributed by atoms with E-state index in [-0.39, 0.29) is 34.5 Å². The van der Waals surface area contributed by atoms with Crippen molar-refractivity contribution in [2.45, 2.75) is 57.8 Å². The number of pyridine rings is 1. The Balaban J connectivity index is 1.68. The number of aromatic nitrogens is 3. The molecule has 2 saturated heterocycles. The summed E-state index contributed by atoms with van der Waals surface area (Å²) in [5.41, 5.74) is -0.429. The van der Waals surface area contributed by atoms with E-state index in [0.717, 1.165) is 38.4 Å². The van der Waals surface area contributed by atoms with Crippen LogP contribution >= 0.6 is 0 Å². The molecular formula is C20H27F3N6O. The molecule has 2 aliphatic rings. The average molecular weight is 424 g/mol. The first kappa shape index (κ1) is 20.9. The van der Waals surface area contributed by atoms with Crippen LogP contribution in [0.15, 0.2) is 6.07 Å². The molecule has 1 atom stereocenters. The highest BCUT2D eigenvalue weighted by molar-refractivity contribution is 5.91. The van der Waals surface area contributed by atoms with E-state index in [4.69, 9.17) is 0 Å². The van der Waals surface area contributed by atoms with Gasteiger partial charge in [-0.05, 0) is 58.7 Å². The van der Waals surface area contributed by atoms with E-state index >= 15 is 0 Å². The summed E-state index contributed by atoms with van der Waals surface area (Å²) in [6, 6.07) is 0.566. The van der Waals surface area contributed by atoms with Crippen molar-refractivity contribution in [2.24, 2.45) is 0 Å². The second-order valence-electron chi connectivity index (χ2n) is 8.42. The average Bonchev–Trinajstić information content (AvgIpc) is 3.40. The maximum absolute atomic E-state index is 13.9. The number of aromatic amines is 1. The van der Waals surface area contributed by atoms with Crippen LogP contribution in [0.3, 0.4) is 0 Å². The summed E-state index contributed by atoms with van der Waals surface area (Å²) in [6.45, 7) is 6.31. The first-order valence-corrected chi connectivity index (χ1v) is 10.5. The Kier molecular flexibility index (Phi) is 5.61. The number of hydrogen-bond acceptors (Lipinski definition) is 5. The van der Waals surface area contributed by atoms with Crippen LogP contribution in [0, 0.1) is 0 Å². The monoisotopic (exact) mass is 424 g/mol. The van der Waals surface area contributed by atoms with Crippen LogP contribution in [0.2, 0.25) is 0 Å². The fraction of sp³-hybridized carbons (Fsp3) is 0.650. The lowest BCUT2D eigenvalue weighted by Crippen LogP contribution is -2.39. The fourth-order valence-electron chi connectivity index (χ4n) is 4.42. The van der Waals surface area contributed by atoms with Crippen LogP contribution in [0.5, 0.6) is 0 Å². The quantitative estimate of drug-likeness (QED) is 0.768. The number of amides is 1. The summed E-state index contributed by atoms with van der Waals surface area (Å²) >= 11 is 0. The van der Waals surface area contributed by atoms with Gasteiger partial charge in [-0.1, -0.05) is 0 Å². The zero-order valence-corrected chi connectivity index (χ0v) is 17.2. The zero-order chi connectivity index (χ0) is 21.5. The van der Waals surface area contributed by atoms with Gasteiger partial charge in [0.25, 0.3) is 0 Å². The van der Waals surface area contributed by atoms with Crippen molar-refractivity contribution in [1.29, 1.82) is 0 Å².